The van der Waals surface area contributed by atoms with Crippen molar-refractivity contribution in [1.82, 2.24) is 5.32 Å². The molecule has 1 aromatic carbocycles. The van der Waals surface area contributed by atoms with Gasteiger partial charge in [0.1, 0.15) is 18.1 Å². The summed E-state index contributed by atoms with van der Waals surface area (Å²) in [5.74, 6) is -0.639. The number of para-hydroxylation sites is 1. The Balaban J connectivity index is 2.07. The number of aliphatic carboxylic acids is 1. The number of ether oxygens (including phenoxy) is 1. The van der Waals surface area contributed by atoms with Gasteiger partial charge < -0.3 is 19.6 Å². The Morgan fingerprint density at radius 1 is 1.23 bits per heavy atom. The predicted octanol–water partition coefficient (Wildman–Crippen LogP) is 2.24. The summed E-state index contributed by atoms with van der Waals surface area (Å²) in [5, 5.41) is 11.8. The first-order chi connectivity index (χ1) is 10.4. The lowest BCUT2D eigenvalue weighted by Crippen LogP contribution is -2.56. The monoisotopic (exact) mass is 303 g/mol. The van der Waals surface area contributed by atoms with Crippen molar-refractivity contribution in [3.8, 4) is 5.75 Å². The highest BCUT2D eigenvalue weighted by molar-refractivity contribution is 5.95. The summed E-state index contributed by atoms with van der Waals surface area (Å²) in [7, 11) is 0. The van der Waals surface area contributed by atoms with Gasteiger partial charge in [-0.25, -0.2) is 4.79 Å². The fourth-order valence-corrected chi connectivity index (χ4v) is 1.76. The summed E-state index contributed by atoms with van der Waals surface area (Å²) in [5.41, 5.74) is -1.58. The van der Waals surface area contributed by atoms with E-state index >= 15 is 0 Å². The molecule has 0 aliphatic carbocycles. The Morgan fingerprint density at radius 2 is 1.91 bits per heavy atom. The van der Waals surface area contributed by atoms with Crippen LogP contribution in [0.3, 0.4) is 0 Å². The molecule has 0 saturated carbocycles. The zero-order chi connectivity index (χ0) is 16.2. The van der Waals surface area contributed by atoms with Gasteiger partial charge in [0.05, 0.1) is 0 Å². The van der Waals surface area contributed by atoms with Gasteiger partial charge in [-0.15, -0.1) is 0 Å². The van der Waals surface area contributed by atoms with Crippen LogP contribution in [0.25, 0.3) is 0 Å². The average Bonchev–Trinajstić information content (AvgIpc) is 2.93. The minimum absolute atomic E-state index is 0.0599. The number of amides is 1. The molecule has 0 radical (unpaired) electrons. The standard InChI is InChI=1S/C16H17NO5/c1-11-8-9-13(22-11)14(18)17-16(2,15(19)20)10-21-12-6-4-3-5-7-12/h3-9H,10H2,1-2H3,(H,17,18)(H,19,20)/t16-/m0/s1. The first-order valence-corrected chi connectivity index (χ1v) is 6.71. The molecule has 2 N–H and O–H groups in total. The van der Waals surface area contributed by atoms with Crippen molar-refractivity contribution in [2.24, 2.45) is 0 Å². The van der Waals surface area contributed by atoms with Gasteiger partial charge in [-0.2, -0.15) is 0 Å². The predicted molar refractivity (Wildman–Crippen MR) is 78.9 cm³/mol. The molecule has 6 nitrogen and oxygen atoms in total. The molecule has 6 heteroatoms. The molecule has 0 bridgehead atoms. The maximum absolute atomic E-state index is 12.1. The average molecular weight is 303 g/mol. The quantitative estimate of drug-likeness (QED) is 0.854. The fraction of sp³-hybridized carbons (Fsp3) is 0.250. The molecule has 2 rings (SSSR count). The zero-order valence-corrected chi connectivity index (χ0v) is 12.3. The number of nitrogens with one attached hydrogen (secondary N) is 1. The number of carbonyl (C=O) groups is 2. The van der Waals surface area contributed by atoms with Crippen LogP contribution in [0.2, 0.25) is 0 Å². The Kier molecular flexibility index (Phi) is 4.50. The second-order valence-corrected chi connectivity index (χ2v) is 5.10. The molecule has 0 unspecified atom stereocenters. The van der Waals surface area contributed by atoms with E-state index in [2.05, 4.69) is 5.32 Å². The third kappa shape index (κ3) is 3.66. The molecule has 1 heterocycles. The number of benzene rings is 1. The van der Waals surface area contributed by atoms with Crippen molar-refractivity contribution in [2.45, 2.75) is 19.4 Å². The normalized spacial score (nSPS) is 13.2. The second kappa shape index (κ2) is 6.34. The number of carboxylic acids is 1. The van der Waals surface area contributed by atoms with Gasteiger partial charge in [0.25, 0.3) is 5.91 Å². The molecule has 0 aliphatic heterocycles. The van der Waals surface area contributed by atoms with Gasteiger partial charge in [0, 0.05) is 0 Å². The van der Waals surface area contributed by atoms with Crippen LogP contribution in [0.15, 0.2) is 46.9 Å². The number of hydrogen-bond donors (Lipinski definition) is 2. The first kappa shape index (κ1) is 15.6. The Labute approximate surface area is 127 Å². The van der Waals surface area contributed by atoms with Crippen molar-refractivity contribution in [3.63, 3.8) is 0 Å². The highest BCUT2D eigenvalue weighted by Crippen LogP contribution is 2.14. The minimum Gasteiger partial charge on any atom is -0.491 e. The molecule has 1 atom stereocenters. The maximum Gasteiger partial charge on any atom is 0.332 e. The van der Waals surface area contributed by atoms with Crippen LogP contribution >= 0.6 is 0 Å². The van der Waals surface area contributed by atoms with Crippen LogP contribution in [-0.4, -0.2) is 29.1 Å². The van der Waals surface area contributed by atoms with Crippen LogP contribution in [-0.2, 0) is 4.79 Å². The molecule has 0 aliphatic rings. The molecule has 1 aromatic heterocycles. The Morgan fingerprint density at radius 3 is 2.45 bits per heavy atom. The van der Waals surface area contributed by atoms with Crippen LogP contribution in [0, 0.1) is 6.92 Å². The number of aryl methyl sites for hydroxylation is 1. The number of carboxylic acid groups (broad SMARTS) is 1. The number of hydrogen-bond acceptors (Lipinski definition) is 4. The molecule has 0 saturated heterocycles. The minimum atomic E-state index is -1.58. The second-order valence-electron chi connectivity index (χ2n) is 5.10. The van der Waals surface area contributed by atoms with Gasteiger partial charge in [0.2, 0.25) is 0 Å². The molecule has 2 aromatic rings. The van der Waals surface area contributed by atoms with E-state index in [1.165, 1.54) is 13.0 Å². The van der Waals surface area contributed by atoms with Gasteiger partial charge in [-0.1, -0.05) is 18.2 Å². The summed E-state index contributed by atoms with van der Waals surface area (Å²) in [4.78, 5) is 23.6. The Bertz CT molecular complexity index is 664. The molecule has 0 spiro atoms. The molecule has 116 valence electrons. The molecular formula is C16H17NO5. The Hall–Kier alpha value is -2.76. The SMILES string of the molecule is Cc1ccc(C(=O)N[C@@](C)(COc2ccccc2)C(=O)O)o1. The van der Waals surface area contributed by atoms with Gasteiger partial charge in [-0.3, -0.25) is 4.79 Å². The van der Waals surface area contributed by atoms with Crippen LogP contribution in [0.5, 0.6) is 5.75 Å². The van der Waals surface area contributed by atoms with E-state index in [-0.39, 0.29) is 12.4 Å². The summed E-state index contributed by atoms with van der Waals surface area (Å²) >= 11 is 0. The topological polar surface area (TPSA) is 88.8 Å². The van der Waals surface area contributed by atoms with Crippen LogP contribution in [0.4, 0.5) is 0 Å². The molecule has 0 fully saturated rings. The van der Waals surface area contributed by atoms with Crippen molar-refractivity contribution in [1.29, 1.82) is 0 Å². The van der Waals surface area contributed by atoms with E-state index in [9.17, 15) is 14.7 Å². The molecule has 22 heavy (non-hydrogen) atoms. The van der Waals surface area contributed by atoms with Crippen molar-refractivity contribution < 1.29 is 23.8 Å². The largest absolute Gasteiger partial charge is 0.491 e. The fourth-order valence-electron chi connectivity index (χ4n) is 1.76. The van der Waals surface area contributed by atoms with Crippen molar-refractivity contribution >= 4 is 11.9 Å². The third-order valence-electron chi connectivity index (χ3n) is 3.10. The van der Waals surface area contributed by atoms with Gasteiger partial charge >= 0.3 is 5.97 Å². The third-order valence-corrected chi connectivity index (χ3v) is 3.10. The number of carbonyl (C=O) groups excluding carboxylic acids is 1. The zero-order valence-electron chi connectivity index (χ0n) is 12.3. The highest BCUT2D eigenvalue weighted by atomic mass is 16.5. The lowest BCUT2D eigenvalue weighted by atomic mass is 10.0. The highest BCUT2D eigenvalue weighted by Gasteiger charge is 2.37. The lowest BCUT2D eigenvalue weighted by molar-refractivity contribution is -0.145. The number of furan rings is 1. The van der Waals surface area contributed by atoms with E-state index in [0.29, 0.717) is 11.5 Å². The first-order valence-electron chi connectivity index (χ1n) is 6.71. The van der Waals surface area contributed by atoms with E-state index < -0.39 is 17.4 Å². The smallest absolute Gasteiger partial charge is 0.332 e. The van der Waals surface area contributed by atoms with E-state index in [1.54, 1.807) is 37.3 Å². The lowest BCUT2D eigenvalue weighted by Gasteiger charge is -2.25. The van der Waals surface area contributed by atoms with Crippen LogP contribution < -0.4 is 10.1 Å². The van der Waals surface area contributed by atoms with Gasteiger partial charge in [-0.05, 0) is 38.1 Å². The summed E-state index contributed by atoms with van der Waals surface area (Å²) in [6.45, 7) is 2.87. The van der Waals surface area contributed by atoms with Gasteiger partial charge in [0.15, 0.2) is 11.3 Å². The van der Waals surface area contributed by atoms with Crippen molar-refractivity contribution in [2.75, 3.05) is 6.61 Å². The summed E-state index contributed by atoms with van der Waals surface area (Å²) in [6.07, 6.45) is 0. The van der Waals surface area contributed by atoms with E-state index in [1.807, 2.05) is 6.07 Å². The van der Waals surface area contributed by atoms with Crippen LogP contribution in [0.1, 0.15) is 23.2 Å². The van der Waals surface area contributed by atoms with E-state index in [4.69, 9.17) is 9.15 Å². The van der Waals surface area contributed by atoms with E-state index in [0.717, 1.165) is 0 Å². The maximum atomic E-state index is 12.1. The number of rotatable bonds is 6. The summed E-state index contributed by atoms with van der Waals surface area (Å²) < 4.78 is 10.6. The molecular weight excluding hydrogens is 286 g/mol. The summed E-state index contributed by atoms with van der Waals surface area (Å²) in [6, 6.07) is 11.9. The van der Waals surface area contributed by atoms with Crippen molar-refractivity contribution in [3.05, 3.63) is 54.0 Å². The molecule has 1 amide bonds.